The first-order valence-electron chi connectivity index (χ1n) is 22.5. The second-order valence-electron chi connectivity index (χ2n) is 14.4. The van der Waals surface area contributed by atoms with Crippen molar-refractivity contribution in [3.8, 4) is 0 Å². The molecule has 0 aliphatic carbocycles. The number of nitrogens with one attached hydrogen (secondary N) is 5. The summed E-state index contributed by atoms with van der Waals surface area (Å²) in [4.78, 5) is 93.0. The summed E-state index contributed by atoms with van der Waals surface area (Å²) in [5.74, 6) is 0. The van der Waals surface area contributed by atoms with Gasteiger partial charge in [-0.2, -0.15) is 0 Å². The van der Waals surface area contributed by atoms with Crippen molar-refractivity contribution in [1.82, 2.24) is 25.4 Å². The third-order valence-corrected chi connectivity index (χ3v) is 23.7. The van der Waals surface area contributed by atoms with Crippen LogP contribution in [0, 0.1) is 0 Å². The Morgan fingerprint density at radius 3 is 0.792 bits per heavy atom. The highest BCUT2D eigenvalue weighted by molar-refractivity contribution is 7.50. The molecule has 0 saturated carbocycles. The van der Waals surface area contributed by atoms with Gasteiger partial charge in [-0.3, -0.25) is 0 Å². The SMILES string of the molecule is CCO[Si](CCCNP(=O)(O)O)OCO[Si](CCCNP(=O)(O)O)(OCC)OCO[Si](CCCNP(=O)(O)O)(OCC)OCO[Si](CCCNP(=O)(O)O)(OCC)OCO[Si](CCCNP(=O)(O)O)OCC. The molecule has 0 aliphatic heterocycles. The summed E-state index contributed by atoms with van der Waals surface area (Å²) >= 11 is 0. The van der Waals surface area contributed by atoms with E-state index in [0.717, 1.165) is 0 Å². The van der Waals surface area contributed by atoms with E-state index in [1.165, 1.54) is 0 Å². The lowest BCUT2D eigenvalue weighted by molar-refractivity contribution is -0.0757. The maximum absolute atomic E-state index is 11.7. The molecule has 432 valence electrons. The van der Waals surface area contributed by atoms with Crippen molar-refractivity contribution < 1.29 is 129 Å². The van der Waals surface area contributed by atoms with Gasteiger partial charge in [-0.25, -0.2) is 48.3 Å². The highest BCUT2D eigenvalue weighted by Crippen LogP contribution is 2.32. The normalized spacial score (nSPS) is 15.8. The monoisotopic (exact) mass is 1240 g/mol. The molecule has 0 aromatic heterocycles. The van der Waals surface area contributed by atoms with Crippen molar-refractivity contribution in [3.63, 3.8) is 0 Å². The number of rotatable bonds is 51. The molecule has 2 unspecified atom stereocenters. The van der Waals surface area contributed by atoms with E-state index in [2.05, 4.69) is 25.4 Å². The van der Waals surface area contributed by atoms with Gasteiger partial charge >= 0.3 is 83.7 Å². The van der Waals surface area contributed by atoms with E-state index in [1.54, 1.807) is 34.6 Å². The fourth-order valence-corrected chi connectivity index (χ4v) is 17.7. The first kappa shape index (κ1) is 73.1. The van der Waals surface area contributed by atoms with Gasteiger partial charge in [0.05, 0.1) is 0 Å². The van der Waals surface area contributed by atoms with Crippen LogP contribution >= 0.6 is 38.7 Å². The van der Waals surface area contributed by atoms with Gasteiger partial charge in [0.2, 0.25) is 0 Å². The molecule has 15 N–H and O–H groups in total. The van der Waals surface area contributed by atoms with Crippen LogP contribution in [0.1, 0.15) is 66.7 Å². The fourth-order valence-electron chi connectivity index (χ4n) is 5.67. The van der Waals surface area contributed by atoms with Gasteiger partial charge in [0.1, 0.15) is 27.2 Å². The molecular weight excluding hydrogens is 1160 g/mol. The molecule has 43 heteroatoms. The first-order chi connectivity index (χ1) is 33.5. The molecule has 0 spiro atoms. The topological polar surface area (TPSA) is 468 Å². The van der Waals surface area contributed by atoms with Gasteiger partial charge < -0.3 is 106 Å². The summed E-state index contributed by atoms with van der Waals surface area (Å²) < 4.78 is 136. The molecule has 0 aromatic rings. The summed E-state index contributed by atoms with van der Waals surface area (Å²) in [6, 6.07) is 0.322. The van der Waals surface area contributed by atoms with Crippen LogP contribution in [0.15, 0.2) is 0 Å². The van der Waals surface area contributed by atoms with Crippen LogP contribution in [-0.4, -0.2) is 187 Å². The van der Waals surface area contributed by atoms with Gasteiger partial charge in [0.15, 0.2) is 0 Å². The lowest BCUT2D eigenvalue weighted by Gasteiger charge is -2.34. The van der Waals surface area contributed by atoms with E-state index in [1.807, 2.05) is 0 Å². The Morgan fingerprint density at radius 2 is 0.569 bits per heavy atom. The minimum atomic E-state index is -4.66. The molecule has 0 rings (SSSR count). The van der Waals surface area contributed by atoms with E-state index < -0.39 is 111 Å². The van der Waals surface area contributed by atoms with E-state index in [4.69, 9.17) is 77.1 Å². The lowest BCUT2D eigenvalue weighted by Crippen LogP contribution is -2.53. The smallest absolute Gasteiger partial charge is 0.394 e. The van der Waals surface area contributed by atoms with Gasteiger partial charge in [0.25, 0.3) is 0 Å². The van der Waals surface area contributed by atoms with Gasteiger partial charge in [-0.15, -0.1) is 0 Å². The largest absolute Gasteiger partial charge is 0.504 e. The van der Waals surface area contributed by atoms with Crippen molar-refractivity contribution >= 4 is 83.7 Å². The maximum Gasteiger partial charge on any atom is 0.504 e. The van der Waals surface area contributed by atoms with Crippen molar-refractivity contribution in [3.05, 3.63) is 0 Å². The third-order valence-electron chi connectivity index (χ3n) is 8.50. The zero-order chi connectivity index (χ0) is 54.9. The molecule has 0 aromatic carbocycles. The Morgan fingerprint density at radius 1 is 0.333 bits per heavy atom. The van der Waals surface area contributed by atoms with Crippen molar-refractivity contribution in [2.45, 2.75) is 96.9 Å². The first-order valence-corrected chi connectivity index (χ1v) is 39.4. The highest BCUT2D eigenvalue weighted by Gasteiger charge is 2.47. The Bertz CT molecular complexity index is 1570. The molecule has 33 nitrogen and oxygen atoms in total. The Kier molecular flexibility index (Phi) is 39.3. The summed E-state index contributed by atoms with van der Waals surface area (Å²) in [6.45, 7) is 5.80. The van der Waals surface area contributed by atoms with Crippen LogP contribution in [0.2, 0.25) is 30.2 Å². The molecule has 0 saturated heterocycles. The quantitative estimate of drug-likeness (QED) is 0.0168. The summed E-state index contributed by atoms with van der Waals surface area (Å²) in [7, 11) is -39.1. The molecule has 72 heavy (non-hydrogen) atoms. The number of hydrogen-bond donors (Lipinski definition) is 15. The number of hydrogen-bond acceptors (Lipinski definition) is 18. The highest BCUT2D eigenvalue weighted by atomic mass is 31.2. The van der Waals surface area contributed by atoms with Gasteiger partial charge in [0, 0.05) is 83.9 Å². The molecule has 2 radical (unpaired) electrons. The second kappa shape index (κ2) is 38.7. The summed E-state index contributed by atoms with van der Waals surface area (Å²) in [6.07, 6.45) is 0.614. The Hall–Kier alpha value is 1.11. The van der Waals surface area contributed by atoms with Crippen LogP contribution in [-0.2, 0) is 80.4 Å². The van der Waals surface area contributed by atoms with Crippen molar-refractivity contribution in [1.29, 1.82) is 0 Å². The Balaban J connectivity index is 6.73. The molecule has 2 atom stereocenters. The minimum Gasteiger partial charge on any atom is -0.394 e. The van der Waals surface area contributed by atoms with Crippen LogP contribution in [0.4, 0.5) is 0 Å². The maximum atomic E-state index is 11.7. The van der Waals surface area contributed by atoms with E-state index in [-0.39, 0.29) is 128 Å². The van der Waals surface area contributed by atoms with E-state index in [0.29, 0.717) is 0 Å². The predicted octanol–water partition coefficient (Wildman–Crippen LogP) is 0.287. The molecule has 0 bridgehead atoms. The second-order valence-corrected chi connectivity index (χ2v) is 33.2. The molecule has 0 amide bonds. The van der Waals surface area contributed by atoms with E-state index in [9.17, 15) is 52.2 Å². The lowest BCUT2D eigenvalue weighted by atomic mass is 10.5. The average molecular weight is 1240 g/mol. The van der Waals surface area contributed by atoms with Gasteiger partial charge in [-0.05, 0) is 78.8 Å². The molecule has 0 aliphatic rings. The van der Waals surface area contributed by atoms with Crippen LogP contribution in [0.25, 0.3) is 0 Å². The van der Waals surface area contributed by atoms with Crippen molar-refractivity contribution in [2.24, 2.45) is 0 Å². The standard InChI is InChI=1S/C29H78N5O28P5Si5/c1-6-50-68(21-11-16-30-63(35,36)37)52-26-57-70(54-8-3,23-13-18-32-65(41,42)43)59-28-61-72(56-10-5,25-15-20-34-67(47,48)49)62-29-60-71(55-9-4,24-14-19-33-66(44,45)46)58-27-53-69(51-7-2)22-12-17-31-64(38,39)40/h6-29H2,1-5H3,(H3,30,35,36,37)(H3,31,38,39,40)(H3,32,41,42,43)(H3,33,44,45,46)(H3,34,47,48,49). The third kappa shape index (κ3) is 41.2. The predicted molar refractivity (Wildman–Crippen MR) is 262 cm³/mol. The molecule has 0 heterocycles. The Labute approximate surface area is 426 Å². The minimum absolute atomic E-state index is 0.00600. The van der Waals surface area contributed by atoms with Crippen LogP contribution in [0.5, 0.6) is 0 Å². The fraction of sp³-hybridized carbons (Fsp3) is 1.00. The summed E-state index contributed by atoms with van der Waals surface area (Å²) in [5, 5.41) is 10.5. The van der Waals surface area contributed by atoms with Crippen LogP contribution in [0.3, 0.4) is 0 Å². The van der Waals surface area contributed by atoms with Crippen molar-refractivity contribution in [2.75, 3.05) is 92.9 Å². The molecule has 0 fully saturated rings. The zero-order valence-electron chi connectivity index (χ0n) is 41.0. The zero-order valence-corrected chi connectivity index (χ0v) is 50.5. The van der Waals surface area contributed by atoms with Crippen LogP contribution < -0.4 is 25.4 Å². The molecular formula is C29H78N5O28P5Si5. The average Bonchev–Trinajstić information content (AvgIpc) is 3.24. The van der Waals surface area contributed by atoms with E-state index >= 15 is 0 Å². The summed E-state index contributed by atoms with van der Waals surface area (Å²) in [5.41, 5.74) is 0. The van der Waals surface area contributed by atoms with Gasteiger partial charge in [-0.1, -0.05) is 0 Å².